The summed E-state index contributed by atoms with van der Waals surface area (Å²) >= 11 is 0. The molecule has 0 spiro atoms. The summed E-state index contributed by atoms with van der Waals surface area (Å²) in [7, 11) is 0. The number of anilines is 1. The van der Waals surface area contributed by atoms with Crippen molar-refractivity contribution in [3.05, 3.63) is 59.5 Å². The van der Waals surface area contributed by atoms with Crippen molar-refractivity contribution in [3.8, 4) is 0 Å². The van der Waals surface area contributed by atoms with E-state index in [1.807, 2.05) is 32.0 Å². The molecule has 162 valence electrons. The van der Waals surface area contributed by atoms with E-state index >= 15 is 0 Å². The van der Waals surface area contributed by atoms with Crippen molar-refractivity contribution in [1.82, 2.24) is 15.6 Å². The number of benzene rings is 1. The highest BCUT2D eigenvalue weighted by molar-refractivity contribution is 14.0. The Morgan fingerprint density at radius 3 is 2.60 bits per heavy atom. The zero-order valence-corrected chi connectivity index (χ0v) is 19.7. The van der Waals surface area contributed by atoms with Crippen LogP contribution in [-0.2, 0) is 10.2 Å². The first kappa shape index (κ1) is 24.0. The summed E-state index contributed by atoms with van der Waals surface area (Å²) < 4.78 is 14.2. The Balaban J connectivity index is 0.00000320. The quantitative estimate of drug-likeness (QED) is 0.279. The average Bonchev–Trinajstić information content (AvgIpc) is 3.49. The number of nitrogens with zero attached hydrogens (tertiary/aromatic N) is 2. The zero-order chi connectivity index (χ0) is 20.7. The van der Waals surface area contributed by atoms with Crippen molar-refractivity contribution >= 4 is 41.7 Å². The molecule has 1 aromatic heterocycles. The van der Waals surface area contributed by atoms with Crippen LogP contribution in [0.4, 0.5) is 10.2 Å². The minimum Gasteiger partial charge on any atom is -0.357 e. The van der Waals surface area contributed by atoms with E-state index in [2.05, 4.69) is 25.9 Å². The van der Waals surface area contributed by atoms with Gasteiger partial charge in [0.15, 0.2) is 5.96 Å². The van der Waals surface area contributed by atoms with Gasteiger partial charge in [-0.05, 0) is 49.9 Å². The molecule has 0 bridgehead atoms. The van der Waals surface area contributed by atoms with Gasteiger partial charge in [-0.3, -0.25) is 9.79 Å². The molecular weight excluding hydrogens is 496 g/mol. The highest BCUT2D eigenvalue weighted by Crippen LogP contribution is 2.49. The predicted molar refractivity (Wildman–Crippen MR) is 129 cm³/mol. The van der Waals surface area contributed by atoms with Gasteiger partial charge < -0.3 is 16.0 Å². The van der Waals surface area contributed by atoms with Gasteiger partial charge in [0.05, 0.1) is 6.54 Å². The van der Waals surface area contributed by atoms with E-state index in [9.17, 15) is 9.18 Å². The smallest absolute Gasteiger partial charge is 0.227 e. The summed E-state index contributed by atoms with van der Waals surface area (Å²) in [6, 6.07) is 10.6. The van der Waals surface area contributed by atoms with Crippen LogP contribution < -0.4 is 16.0 Å². The highest BCUT2D eigenvalue weighted by Gasteiger charge is 2.45. The van der Waals surface area contributed by atoms with E-state index < -0.39 is 0 Å². The number of hydrogen-bond acceptors (Lipinski definition) is 3. The number of aromatic nitrogens is 1. The molecule has 1 saturated carbocycles. The topological polar surface area (TPSA) is 78.4 Å². The van der Waals surface area contributed by atoms with Gasteiger partial charge in [0.25, 0.3) is 0 Å². The fourth-order valence-electron chi connectivity index (χ4n) is 3.17. The molecule has 0 aliphatic heterocycles. The molecule has 3 rings (SSSR count). The Kier molecular flexibility index (Phi) is 9.01. The molecule has 3 N–H and O–H groups in total. The largest absolute Gasteiger partial charge is 0.357 e. The van der Waals surface area contributed by atoms with Gasteiger partial charge >= 0.3 is 0 Å². The first-order valence-corrected chi connectivity index (χ1v) is 10.0. The van der Waals surface area contributed by atoms with E-state index in [1.54, 1.807) is 18.3 Å². The highest BCUT2D eigenvalue weighted by atomic mass is 127. The number of guanidine groups is 1. The molecule has 1 amide bonds. The summed E-state index contributed by atoms with van der Waals surface area (Å²) in [5.74, 6) is 0.896. The lowest BCUT2D eigenvalue weighted by atomic mass is 9.95. The van der Waals surface area contributed by atoms with Crippen LogP contribution in [0.3, 0.4) is 0 Å². The average molecular weight is 525 g/mol. The standard InChI is InChI=1S/C22H28FN5O.HI/c1-3-24-21(25-13-10-20(29)28-19-9-8-16(2)14-26-19)27-15-22(11-12-22)17-6-4-5-7-18(17)23;/h4-9,14H,3,10-13,15H2,1-2H3,(H2,24,25,27)(H,26,28,29);1H. The number of carbonyl (C=O) groups excluding carboxylic acids is 1. The van der Waals surface area contributed by atoms with Crippen LogP contribution in [0.2, 0.25) is 0 Å². The van der Waals surface area contributed by atoms with Gasteiger partial charge in [-0.1, -0.05) is 24.3 Å². The molecule has 0 saturated heterocycles. The molecule has 1 aliphatic rings. The molecule has 2 aromatic rings. The van der Waals surface area contributed by atoms with Crippen molar-refractivity contribution in [2.75, 3.05) is 25.0 Å². The van der Waals surface area contributed by atoms with Gasteiger partial charge in [-0.2, -0.15) is 0 Å². The third-order valence-electron chi connectivity index (χ3n) is 5.01. The Morgan fingerprint density at radius 2 is 1.97 bits per heavy atom. The van der Waals surface area contributed by atoms with Crippen LogP contribution >= 0.6 is 24.0 Å². The Hall–Kier alpha value is -2.23. The second-order valence-corrected chi connectivity index (χ2v) is 7.40. The Labute approximate surface area is 194 Å². The number of amides is 1. The molecule has 1 fully saturated rings. The molecule has 30 heavy (non-hydrogen) atoms. The normalized spacial score (nSPS) is 14.4. The fraction of sp³-hybridized carbons (Fsp3) is 0.409. The van der Waals surface area contributed by atoms with Crippen LogP contribution in [-0.4, -0.2) is 36.5 Å². The first-order chi connectivity index (χ1) is 14.0. The van der Waals surface area contributed by atoms with Gasteiger partial charge in [0, 0.05) is 31.1 Å². The van der Waals surface area contributed by atoms with Crippen LogP contribution in [0.1, 0.15) is 37.3 Å². The summed E-state index contributed by atoms with van der Waals surface area (Å²) in [6.07, 6.45) is 3.87. The van der Waals surface area contributed by atoms with E-state index in [4.69, 9.17) is 0 Å². The predicted octanol–water partition coefficient (Wildman–Crippen LogP) is 3.76. The minimum atomic E-state index is -0.206. The van der Waals surface area contributed by atoms with E-state index in [0.717, 1.165) is 24.0 Å². The Bertz CT molecular complexity index is 868. The van der Waals surface area contributed by atoms with Crippen LogP contribution in [0.5, 0.6) is 0 Å². The SMILES string of the molecule is CCNC(=NCC1(c2ccccc2F)CC1)NCCC(=O)Nc1ccc(C)cn1.I. The zero-order valence-electron chi connectivity index (χ0n) is 17.4. The summed E-state index contributed by atoms with van der Waals surface area (Å²) in [5.41, 5.74) is 1.58. The molecule has 1 heterocycles. The maximum absolute atomic E-state index is 14.2. The summed E-state index contributed by atoms with van der Waals surface area (Å²) in [6.45, 7) is 5.59. The molecule has 0 radical (unpaired) electrons. The van der Waals surface area contributed by atoms with Crippen LogP contribution in [0.25, 0.3) is 0 Å². The molecule has 6 nitrogen and oxygen atoms in total. The number of halogens is 2. The number of rotatable bonds is 8. The number of hydrogen-bond donors (Lipinski definition) is 3. The van der Waals surface area contributed by atoms with Gasteiger partial charge in [-0.25, -0.2) is 9.37 Å². The van der Waals surface area contributed by atoms with Crippen molar-refractivity contribution in [2.24, 2.45) is 4.99 Å². The van der Waals surface area contributed by atoms with Crippen molar-refractivity contribution in [2.45, 2.75) is 38.5 Å². The van der Waals surface area contributed by atoms with E-state index in [1.165, 1.54) is 6.07 Å². The van der Waals surface area contributed by atoms with Crippen molar-refractivity contribution < 1.29 is 9.18 Å². The summed E-state index contributed by atoms with van der Waals surface area (Å²) in [5, 5.41) is 9.13. The van der Waals surface area contributed by atoms with Gasteiger partial charge in [0.1, 0.15) is 11.6 Å². The maximum atomic E-state index is 14.2. The second-order valence-electron chi connectivity index (χ2n) is 7.40. The van der Waals surface area contributed by atoms with Crippen molar-refractivity contribution in [3.63, 3.8) is 0 Å². The second kappa shape index (κ2) is 11.2. The van der Waals surface area contributed by atoms with Crippen LogP contribution in [0.15, 0.2) is 47.6 Å². The number of aryl methyl sites for hydroxylation is 1. The maximum Gasteiger partial charge on any atom is 0.227 e. The van der Waals surface area contributed by atoms with Gasteiger partial charge in [-0.15, -0.1) is 24.0 Å². The number of aliphatic imine (C=N–C) groups is 1. The lowest BCUT2D eigenvalue weighted by molar-refractivity contribution is -0.116. The van der Waals surface area contributed by atoms with Crippen LogP contribution in [0, 0.1) is 12.7 Å². The first-order valence-electron chi connectivity index (χ1n) is 10.0. The van der Waals surface area contributed by atoms with E-state index in [0.29, 0.717) is 37.8 Å². The lowest BCUT2D eigenvalue weighted by Crippen LogP contribution is -2.39. The molecular formula is C22H29FIN5O. The van der Waals surface area contributed by atoms with E-state index in [-0.39, 0.29) is 41.1 Å². The monoisotopic (exact) mass is 525 g/mol. The number of carbonyl (C=O) groups is 1. The molecule has 1 aromatic carbocycles. The third kappa shape index (κ3) is 6.65. The molecule has 1 aliphatic carbocycles. The molecule has 0 unspecified atom stereocenters. The summed E-state index contributed by atoms with van der Waals surface area (Å²) in [4.78, 5) is 20.9. The fourth-order valence-corrected chi connectivity index (χ4v) is 3.17. The number of pyridine rings is 1. The van der Waals surface area contributed by atoms with Crippen molar-refractivity contribution in [1.29, 1.82) is 0 Å². The molecule has 0 atom stereocenters. The number of nitrogens with one attached hydrogen (secondary N) is 3. The minimum absolute atomic E-state index is 0. The molecule has 8 heteroatoms. The Morgan fingerprint density at radius 1 is 1.20 bits per heavy atom. The lowest BCUT2D eigenvalue weighted by Gasteiger charge is -2.16. The third-order valence-corrected chi connectivity index (χ3v) is 5.01. The van der Waals surface area contributed by atoms with Gasteiger partial charge in [0.2, 0.25) is 5.91 Å².